The van der Waals surface area contributed by atoms with Crippen LogP contribution in [0.3, 0.4) is 0 Å². The van der Waals surface area contributed by atoms with Gasteiger partial charge in [0.05, 0.1) is 6.54 Å². The normalized spacial score (nSPS) is 15.9. The van der Waals surface area contributed by atoms with Gasteiger partial charge in [0.15, 0.2) is 0 Å². The van der Waals surface area contributed by atoms with Gasteiger partial charge in [0, 0.05) is 59.3 Å². The molecule has 3 aromatic rings. The number of amides is 1. The van der Waals surface area contributed by atoms with E-state index in [0.29, 0.717) is 36.9 Å². The highest BCUT2D eigenvalue weighted by Crippen LogP contribution is 2.18. The number of rotatable bonds is 5. The fourth-order valence-electron chi connectivity index (χ4n) is 3.41. The van der Waals surface area contributed by atoms with Crippen LogP contribution in [0.4, 0.5) is 0 Å². The molecule has 7 nitrogen and oxygen atoms in total. The van der Waals surface area contributed by atoms with E-state index >= 15 is 0 Å². The van der Waals surface area contributed by atoms with E-state index in [1.807, 2.05) is 36.1 Å². The van der Waals surface area contributed by atoms with Crippen molar-refractivity contribution in [1.82, 2.24) is 19.9 Å². The van der Waals surface area contributed by atoms with E-state index < -0.39 is 10.8 Å². The first-order valence-corrected chi connectivity index (χ1v) is 11.4. The van der Waals surface area contributed by atoms with Gasteiger partial charge in [-0.15, -0.1) is 0 Å². The summed E-state index contributed by atoms with van der Waals surface area (Å²) in [6, 6.07) is 15.0. The van der Waals surface area contributed by atoms with Crippen LogP contribution in [-0.2, 0) is 17.3 Å². The van der Waals surface area contributed by atoms with Crippen molar-refractivity contribution in [2.24, 2.45) is 0 Å². The minimum atomic E-state index is -1.04. The monoisotopic (exact) mass is 424 g/mol. The van der Waals surface area contributed by atoms with E-state index in [1.165, 1.54) is 5.56 Å². The Kier molecular flexibility index (Phi) is 6.06. The van der Waals surface area contributed by atoms with Crippen LogP contribution in [0.15, 0.2) is 57.9 Å². The molecule has 0 N–H and O–H groups in total. The average molecular weight is 425 g/mol. The Morgan fingerprint density at radius 2 is 1.70 bits per heavy atom. The molecular weight excluding hydrogens is 400 g/mol. The Hall–Kier alpha value is -2.84. The number of carbonyl (C=O) groups excluding carboxylic acids is 1. The number of piperazine rings is 1. The lowest BCUT2D eigenvalue weighted by Gasteiger charge is -2.34. The maximum Gasteiger partial charge on any atom is 0.253 e. The van der Waals surface area contributed by atoms with E-state index in [4.69, 9.17) is 4.52 Å². The molecule has 4 rings (SSSR count). The predicted octanol–water partition coefficient (Wildman–Crippen LogP) is 2.74. The van der Waals surface area contributed by atoms with Gasteiger partial charge < -0.3 is 9.42 Å². The zero-order valence-corrected chi connectivity index (χ0v) is 17.9. The number of hydrogen-bond donors (Lipinski definition) is 0. The van der Waals surface area contributed by atoms with E-state index in [2.05, 4.69) is 15.0 Å². The van der Waals surface area contributed by atoms with Gasteiger partial charge in [-0.05, 0) is 31.2 Å². The minimum absolute atomic E-state index is 0.00235. The van der Waals surface area contributed by atoms with Crippen LogP contribution in [0.2, 0.25) is 0 Å². The van der Waals surface area contributed by atoms with Crippen LogP contribution in [0, 0.1) is 6.92 Å². The molecule has 1 atom stereocenters. The molecule has 0 bridgehead atoms. The van der Waals surface area contributed by atoms with E-state index in [9.17, 15) is 9.00 Å². The maximum absolute atomic E-state index is 12.7. The predicted molar refractivity (Wildman–Crippen MR) is 114 cm³/mol. The number of benzene rings is 2. The van der Waals surface area contributed by atoms with Gasteiger partial charge in [-0.3, -0.25) is 13.9 Å². The fourth-order valence-corrected chi connectivity index (χ4v) is 3.93. The van der Waals surface area contributed by atoms with Crippen molar-refractivity contribution < 1.29 is 13.5 Å². The Bertz CT molecular complexity index is 1040. The molecule has 2 heterocycles. The summed E-state index contributed by atoms with van der Waals surface area (Å²) in [5, 5.41) is 4.08. The summed E-state index contributed by atoms with van der Waals surface area (Å²) in [7, 11) is -1.04. The summed E-state index contributed by atoms with van der Waals surface area (Å²) in [5.74, 6) is 1.17. The van der Waals surface area contributed by atoms with Gasteiger partial charge in [0.1, 0.15) is 0 Å². The van der Waals surface area contributed by atoms with Gasteiger partial charge in [-0.2, -0.15) is 4.98 Å². The summed E-state index contributed by atoms with van der Waals surface area (Å²) in [4.78, 5) is 22.0. The van der Waals surface area contributed by atoms with Gasteiger partial charge in [-0.25, -0.2) is 0 Å². The van der Waals surface area contributed by atoms with E-state index in [1.54, 1.807) is 30.5 Å². The number of carbonyl (C=O) groups is 1. The molecule has 156 valence electrons. The molecule has 1 unspecified atom stereocenters. The van der Waals surface area contributed by atoms with Crippen molar-refractivity contribution in [1.29, 1.82) is 0 Å². The molecule has 1 aliphatic rings. The van der Waals surface area contributed by atoms with E-state index in [0.717, 1.165) is 23.5 Å². The van der Waals surface area contributed by atoms with E-state index in [-0.39, 0.29) is 5.91 Å². The number of hydrogen-bond acceptors (Lipinski definition) is 6. The summed E-state index contributed by atoms with van der Waals surface area (Å²) in [6.45, 7) is 5.37. The quantitative estimate of drug-likeness (QED) is 0.627. The molecule has 1 aromatic heterocycles. The van der Waals surface area contributed by atoms with Crippen LogP contribution in [0.5, 0.6) is 0 Å². The molecule has 0 saturated carbocycles. The van der Waals surface area contributed by atoms with Crippen LogP contribution >= 0.6 is 0 Å². The molecule has 8 heteroatoms. The smallest absolute Gasteiger partial charge is 0.253 e. The molecule has 0 spiro atoms. The number of nitrogens with zero attached hydrogens (tertiary/aromatic N) is 4. The third-order valence-corrected chi connectivity index (χ3v) is 6.17. The third-order valence-electron chi connectivity index (χ3n) is 5.23. The maximum atomic E-state index is 12.7. The zero-order chi connectivity index (χ0) is 21.1. The number of aromatic nitrogens is 2. The SMILES string of the molecule is Cc1ccc(-c2noc(CN3CCN(C(=O)c4ccc(S(C)=O)cc4)CC3)n2)cc1. The van der Waals surface area contributed by atoms with Gasteiger partial charge >= 0.3 is 0 Å². The van der Waals surface area contributed by atoms with Crippen LogP contribution in [0.25, 0.3) is 11.4 Å². The first kappa shape index (κ1) is 20.4. The minimum Gasteiger partial charge on any atom is -0.338 e. The number of aryl methyl sites for hydroxylation is 1. The molecule has 1 fully saturated rings. The Balaban J connectivity index is 1.32. The first-order valence-electron chi connectivity index (χ1n) is 9.84. The summed E-state index contributed by atoms with van der Waals surface area (Å²) in [6.07, 6.45) is 1.63. The fraction of sp³-hybridized carbons (Fsp3) is 0.318. The highest BCUT2D eigenvalue weighted by Gasteiger charge is 2.23. The van der Waals surface area contributed by atoms with Crippen molar-refractivity contribution in [3.8, 4) is 11.4 Å². The molecule has 30 heavy (non-hydrogen) atoms. The highest BCUT2D eigenvalue weighted by atomic mass is 32.2. The lowest BCUT2D eigenvalue weighted by atomic mass is 10.1. The van der Waals surface area contributed by atoms with Crippen LogP contribution < -0.4 is 0 Å². The molecule has 0 aliphatic carbocycles. The van der Waals surface area contributed by atoms with Crippen molar-refractivity contribution in [2.45, 2.75) is 18.4 Å². The van der Waals surface area contributed by atoms with Crippen molar-refractivity contribution in [3.63, 3.8) is 0 Å². The van der Waals surface area contributed by atoms with Gasteiger partial charge in [-0.1, -0.05) is 35.0 Å². The summed E-state index contributed by atoms with van der Waals surface area (Å²) >= 11 is 0. The molecule has 1 aliphatic heterocycles. The topological polar surface area (TPSA) is 79.5 Å². The molecular formula is C22H24N4O3S. The van der Waals surface area contributed by atoms with Crippen LogP contribution in [-0.4, -0.2) is 62.5 Å². The molecule has 0 radical (unpaired) electrons. The van der Waals surface area contributed by atoms with Crippen molar-refractivity contribution in [2.75, 3.05) is 32.4 Å². The summed E-state index contributed by atoms with van der Waals surface area (Å²) in [5.41, 5.74) is 2.74. The summed E-state index contributed by atoms with van der Waals surface area (Å²) < 4.78 is 16.9. The Morgan fingerprint density at radius 3 is 2.33 bits per heavy atom. The standard InChI is InChI=1S/C22H24N4O3S/c1-16-3-5-17(6-4-16)21-23-20(29-24-21)15-25-11-13-26(14-12-25)22(27)18-7-9-19(10-8-18)30(2)28/h3-10H,11-15H2,1-2H3. The van der Waals surface area contributed by atoms with Crippen LogP contribution in [0.1, 0.15) is 21.8 Å². The molecule has 1 amide bonds. The van der Waals surface area contributed by atoms with Crippen molar-refractivity contribution in [3.05, 3.63) is 65.5 Å². The molecule has 2 aromatic carbocycles. The lowest BCUT2D eigenvalue weighted by molar-refractivity contribution is 0.0615. The zero-order valence-electron chi connectivity index (χ0n) is 17.1. The Labute approximate surface area is 178 Å². The molecule has 1 saturated heterocycles. The first-order chi connectivity index (χ1) is 14.5. The largest absolute Gasteiger partial charge is 0.338 e. The highest BCUT2D eigenvalue weighted by molar-refractivity contribution is 7.84. The second kappa shape index (κ2) is 8.89. The average Bonchev–Trinajstić information content (AvgIpc) is 3.23. The van der Waals surface area contributed by atoms with Gasteiger partial charge in [0.25, 0.3) is 5.91 Å². The Morgan fingerprint density at radius 1 is 1.03 bits per heavy atom. The lowest BCUT2D eigenvalue weighted by Crippen LogP contribution is -2.48. The second-order valence-electron chi connectivity index (χ2n) is 7.42. The van der Waals surface area contributed by atoms with Gasteiger partial charge in [0.2, 0.25) is 11.7 Å². The van der Waals surface area contributed by atoms with Crippen molar-refractivity contribution >= 4 is 16.7 Å². The third kappa shape index (κ3) is 4.66. The second-order valence-corrected chi connectivity index (χ2v) is 8.80.